The topological polar surface area (TPSA) is 68.1 Å². The van der Waals surface area contributed by atoms with Crippen LogP contribution >= 0.6 is 11.3 Å². The summed E-state index contributed by atoms with van der Waals surface area (Å²) in [5.41, 5.74) is 1.52. The lowest BCUT2D eigenvalue weighted by molar-refractivity contribution is -0.384. The molecule has 1 aromatic heterocycles. The molecule has 0 amide bonds. The zero-order valence-corrected chi connectivity index (χ0v) is 11.8. The van der Waals surface area contributed by atoms with Crippen molar-refractivity contribution in [2.75, 3.05) is 5.32 Å². The number of nitrogens with one attached hydrogen (secondary N) is 1. The molecule has 100 valence electrons. The van der Waals surface area contributed by atoms with Gasteiger partial charge in [-0.25, -0.2) is 4.98 Å². The van der Waals surface area contributed by atoms with E-state index in [-0.39, 0.29) is 16.1 Å². The second-order valence-electron chi connectivity index (χ2n) is 4.84. The lowest BCUT2D eigenvalue weighted by Gasteiger charge is -2.26. The Morgan fingerprint density at radius 1 is 1.42 bits per heavy atom. The molecule has 1 heterocycles. The molecule has 0 radical (unpaired) electrons. The van der Waals surface area contributed by atoms with Gasteiger partial charge < -0.3 is 5.32 Å². The number of aromatic nitrogens is 1. The minimum absolute atomic E-state index is 0.107. The number of nitrogens with zero attached hydrogens (tertiary/aromatic N) is 2. The number of hydrogen-bond acceptors (Lipinski definition) is 5. The monoisotopic (exact) mass is 277 g/mol. The van der Waals surface area contributed by atoms with Crippen LogP contribution in [-0.4, -0.2) is 9.91 Å². The third kappa shape index (κ3) is 2.90. The van der Waals surface area contributed by atoms with Crippen LogP contribution in [0.15, 0.2) is 29.8 Å². The molecule has 5 nitrogen and oxygen atoms in total. The highest BCUT2D eigenvalue weighted by molar-refractivity contribution is 7.09. The van der Waals surface area contributed by atoms with Gasteiger partial charge in [0.2, 0.25) is 0 Å². The van der Waals surface area contributed by atoms with Gasteiger partial charge in [0, 0.05) is 29.4 Å². The third-order valence-corrected chi connectivity index (χ3v) is 3.93. The Morgan fingerprint density at radius 2 is 2.16 bits per heavy atom. The predicted octanol–water partition coefficient (Wildman–Crippen LogP) is 3.71. The molecule has 0 atom stereocenters. The molecule has 1 aromatic carbocycles. The molecule has 2 aromatic rings. The quantitative estimate of drug-likeness (QED) is 0.683. The molecule has 0 saturated carbocycles. The van der Waals surface area contributed by atoms with Crippen LogP contribution in [0.4, 0.5) is 11.4 Å². The van der Waals surface area contributed by atoms with E-state index < -0.39 is 0 Å². The number of anilines is 1. The molecule has 0 bridgehead atoms. The number of aryl methyl sites for hydroxylation is 1. The summed E-state index contributed by atoms with van der Waals surface area (Å²) >= 11 is 1.58. The van der Waals surface area contributed by atoms with Crippen LogP contribution in [0.5, 0.6) is 0 Å². The second kappa shape index (κ2) is 4.97. The van der Waals surface area contributed by atoms with Crippen molar-refractivity contribution in [3.63, 3.8) is 0 Å². The summed E-state index contributed by atoms with van der Waals surface area (Å²) in [5.74, 6) is 0. The van der Waals surface area contributed by atoms with Gasteiger partial charge in [-0.05, 0) is 32.4 Å². The maximum absolute atomic E-state index is 10.7. The molecule has 1 N–H and O–H groups in total. The van der Waals surface area contributed by atoms with Crippen molar-refractivity contribution < 1.29 is 4.92 Å². The summed E-state index contributed by atoms with van der Waals surface area (Å²) in [6.07, 6.45) is 1.77. The first-order valence-electron chi connectivity index (χ1n) is 5.83. The molecular formula is C13H15N3O2S. The van der Waals surface area contributed by atoms with Crippen molar-refractivity contribution >= 4 is 22.7 Å². The average molecular weight is 277 g/mol. The second-order valence-corrected chi connectivity index (χ2v) is 5.74. The van der Waals surface area contributed by atoms with Gasteiger partial charge in [0.25, 0.3) is 5.69 Å². The third-order valence-electron chi connectivity index (χ3n) is 2.83. The van der Waals surface area contributed by atoms with E-state index in [1.54, 1.807) is 29.7 Å². The highest BCUT2D eigenvalue weighted by Gasteiger charge is 2.24. The van der Waals surface area contributed by atoms with Crippen LogP contribution in [0.2, 0.25) is 0 Å². The van der Waals surface area contributed by atoms with Crippen LogP contribution < -0.4 is 5.32 Å². The van der Waals surface area contributed by atoms with Gasteiger partial charge in [0.05, 0.1) is 10.5 Å². The van der Waals surface area contributed by atoms with Crippen molar-refractivity contribution in [3.8, 4) is 0 Å². The number of thiazole rings is 1. The Bertz CT molecular complexity index is 594. The summed E-state index contributed by atoms with van der Waals surface area (Å²) in [6, 6.07) is 4.82. The summed E-state index contributed by atoms with van der Waals surface area (Å²) < 4.78 is 0. The van der Waals surface area contributed by atoms with Crippen LogP contribution in [0.1, 0.15) is 24.4 Å². The van der Waals surface area contributed by atoms with Crippen molar-refractivity contribution in [2.24, 2.45) is 0 Å². The summed E-state index contributed by atoms with van der Waals surface area (Å²) in [5, 5.41) is 17.0. The molecular weight excluding hydrogens is 262 g/mol. The standard InChI is InChI=1S/C13H15N3O2S/c1-9-8-10(16(17)18)4-5-11(9)15-13(2,3)12-14-6-7-19-12/h4-8,15H,1-3H3. The summed E-state index contributed by atoms with van der Waals surface area (Å²) in [6.45, 7) is 5.92. The fraction of sp³-hybridized carbons (Fsp3) is 0.308. The minimum atomic E-state index is -0.386. The molecule has 0 spiro atoms. The van der Waals surface area contributed by atoms with E-state index in [1.807, 2.05) is 26.2 Å². The smallest absolute Gasteiger partial charge is 0.269 e. The van der Waals surface area contributed by atoms with Crippen LogP contribution in [0.3, 0.4) is 0 Å². The molecule has 19 heavy (non-hydrogen) atoms. The fourth-order valence-electron chi connectivity index (χ4n) is 1.82. The number of nitro groups is 1. The Labute approximate surface area is 115 Å². The lowest BCUT2D eigenvalue weighted by atomic mass is 10.0. The van der Waals surface area contributed by atoms with Gasteiger partial charge in [-0.15, -0.1) is 11.3 Å². The van der Waals surface area contributed by atoms with E-state index in [2.05, 4.69) is 10.3 Å². The first-order chi connectivity index (χ1) is 8.90. The molecule has 0 aliphatic rings. The number of nitro benzene ring substituents is 1. The Morgan fingerprint density at radius 3 is 2.68 bits per heavy atom. The zero-order chi connectivity index (χ0) is 14.0. The van der Waals surface area contributed by atoms with Gasteiger partial charge in [-0.1, -0.05) is 0 Å². The molecule has 0 unspecified atom stereocenters. The predicted molar refractivity (Wildman–Crippen MR) is 76.6 cm³/mol. The Balaban J connectivity index is 2.27. The molecule has 6 heteroatoms. The number of rotatable bonds is 4. The van der Waals surface area contributed by atoms with Crippen molar-refractivity contribution in [1.29, 1.82) is 0 Å². The van der Waals surface area contributed by atoms with E-state index >= 15 is 0 Å². The summed E-state index contributed by atoms with van der Waals surface area (Å²) in [4.78, 5) is 14.6. The molecule has 0 fully saturated rings. The first kappa shape index (κ1) is 13.5. The number of non-ortho nitro benzene ring substituents is 1. The average Bonchev–Trinajstić information content (AvgIpc) is 2.85. The highest BCUT2D eigenvalue weighted by atomic mass is 32.1. The highest BCUT2D eigenvalue weighted by Crippen LogP contribution is 2.30. The number of benzene rings is 1. The molecule has 0 aliphatic heterocycles. The van der Waals surface area contributed by atoms with E-state index in [0.717, 1.165) is 16.3 Å². The van der Waals surface area contributed by atoms with Crippen molar-refractivity contribution in [3.05, 3.63) is 50.5 Å². The SMILES string of the molecule is Cc1cc([N+](=O)[O-])ccc1NC(C)(C)c1nccs1. The normalized spacial score (nSPS) is 11.3. The Hall–Kier alpha value is -1.95. The first-order valence-corrected chi connectivity index (χ1v) is 6.71. The van der Waals surface area contributed by atoms with E-state index in [0.29, 0.717) is 0 Å². The van der Waals surface area contributed by atoms with Crippen LogP contribution in [0.25, 0.3) is 0 Å². The van der Waals surface area contributed by atoms with Crippen molar-refractivity contribution in [2.45, 2.75) is 26.3 Å². The maximum atomic E-state index is 10.7. The molecule has 0 saturated heterocycles. The van der Waals surface area contributed by atoms with Gasteiger partial charge >= 0.3 is 0 Å². The van der Waals surface area contributed by atoms with E-state index in [9.17, 15) is 10.1 Å². The molecule has 2 rings (SSSR count). The van der Waals surface area contributed by atoms with Gasteiger partial charge in [-0.2, -0.15) is 0 Å². The van der Waals surface area contributed by atoms with Crippen LogP contribution in [-0.2, 0) is 5.54 Å². The van der Waals surface area contributed by atoms with Gasteiger partial charge in [0.1, 0.15) is 5.01 Å². The maximum Gasteiger partial charge on any atom is 0.269 e. The van der Waals surface area contributed by atoms with Crippen molar-refractivity contribution in [1.82, 2.24) is 4.98 Å². The number of hydrogen-bond donors (Lipinski definition) is 1. The van der Waals surface area contributed by atoms with Gasteiger partial charge in [-0.3, -0.25) is 10.1 Å². The Kier molecular flexibility index (Phi) is 3.53. The summed E-state index contributed by atoms with van der Waals surface area (Å²) in [7, 11) is 0. The van der Waals surface area contributed by atoms with Gasteiger partial charge in [0.15, 0.2) is 0 Å². The largest absolute Gasteiger partial charge is 0.373 e. The fourth-order valence-corrected chi connectivity index (χ4v) is 2.54. The minimum Gasteiger partial charge on any atom is -0.373 e. The molecule has 0 aliphatic carbocycles. The van der Waals surface area contributed by atoms with E-state index in [4.69, 9.17) is 0 Å². The van der Waals surface area contributed by atoms with E-state index in [1.165, 1.54) is 6.07 Å². The van der Waals surface area contributed by atoms with Crippen LogP contribution in [0, 0.1) is 17.0 Å². The zero-order valence-electron chi connectivity index (χ0n) is 11.0. The lowest BCUT2D eigenvalue weighted by Crippen LogP contribution is -2.28.